The molecule has 0 heterocycles. The van der Waals surface area contributed by atoms with E-state index < -0.39 is 5.97 Å². The SMILES string of the molecule is O=C(O)C1CCCC1Cc1ccc(F)cc1Br. The lowest BCUT2D eigenvalue weighted by Gasteiger charge is -2.16. The number of halogens is 2. The molecule has 1 aliphatic carbocycles. The number of hydrogen-bond acceptors (Lipinski definition) is 1. The first-order valence-electron chi connectivity index (χ1n) is 5.74. The Kier molecular flexibility index (Phi) is 3.82. The molecule has 0 radical (unpaired) electrons. The second kappa shape index (κ2) is 5.17. The van der Waals surface area contributed by atoms with Gasteiger partial charge >= 0.3 is 5.97 Å². The zero-order chi connectivity index (χ0) is 12.4. The van der Waals surface area contributed by atoms with E-state index in [1.165, 1.54) is 12.1 Å². The van der Waals surface area contributed by atoms with Crippen LogP contribution in [0.2, 0.25) is 0 Å². The zero-order valence-electron chi connectivity index (χ0n) is 9.33. The molecular weight excluding hydrogens is 287 g/mol. The number of aliphatic carboxylic acids is 1. The molecule has 0 amide bonds. The van der Waals surface area contributed by atoms with Crippen molar-refractivity contribution in [1.29, 1.82) is 0 Å². The summed E-state index contributed by atoms with van der Waals surface area (Å²) in [5, 5.41) is 9.10. The van der Waals surface area contributed by atoms with Gasteiger partial charge in [-0.25, -0.2) is 4.39 Å². The van der Waals surface area contributed by atoms with Gasteiger partial charge in [0.05, 0.1) is 5.92 Å². The molecule has 1 saturated carbocycles. The summed E-state index contributed by atoms with van der Waals surface area (Å²) in [5.41, 5.74) is 0.990. The number of carboxylic acid groups (broad SMARTS) is 1. The Labute approximate surface area is 108 Å². The van der Waals surface area contributed by atoms with Gasteiger partial charge in [0.1, 0.15) is 5.82 Å². The van der Waals surface area contributed by atoms with Gasteiger partial charge in [-0.2, -0.15) is 0 Å². The van der Waals surface area contributed by atoms with Crippen LogP contribution >= 0.6 is 15.9 Å². The highest BCUT2D eigenvalue weighted by atomic mass is 79.9. The number of rotatable bonds is 3. The summed E-state index contributed by atoms with van der Waals surface area (Å²) in [7, 11) is 0. The Hall–Kier alpha value is -0.900. The van der Waals surface area contributed by atoms with E-state index in [2.05, 4.69) is 15.9 Å². The fraction of sp³-hybridized carbons (Fsp3) is 0.462. The fourth-order valence-corrected chi connectivity index (χ4v) is 3.09. The molecule has 2 nitrogen and oxygen atoms in total. The Morgan fingerprint density at radius 3 is 2.88 bits per heavy atom. The van der Waals surface area contributed by atoms with Crippen LogP contribution in [0.25, 0.3) is 0 Å². The molecule has 1 N–H and O–H groups in total. The standard InChI is InChI=1S/C13H14BrFO2/c14-12-7-10(15)5-4-9(12)6-8-2-1-3-11(8)13(16)17/h4-5,7-8,11H,1-3,6H2,(H,16,17). The first-order valence-corrected chi connectivity index (χ1v) is 6.54. The van der Waals surface area contributed by atoms with Gasteiger partial charge in [-0.1, -0.05) is 28.4 Å². The predicted molar refractivity (Wildman–Crippen MR) is 66.3 cm³/mol. The lowest BCUT2D eigenvalue weighted by molar-refractivity contribution is -0.142. The third-order valence-electron chi connectivity index (χ3n) is 3.47. The van der Waals surface area contributed by atoms with Crippen molar-refractivity contribution in [2.75, 3.05) is 0 Å². The fourth-order valence-electron chi connectivity index (χ4n) is 2.58. The molecule has 1 aliphatic rings. The van der Waals surface area contributed by atoms with Crippen molar-refractivity contribution < 1.29 is 14.3 Å². The quantitative estimate of drug-likeness (QED) is 0.925. The van der Waals surface area contributed by atoms with Crippen molar-refractivity contribution >= 4 is 21.9 Å². The maximum absolute atomic E-state index is 12.9. The van der Waals surface area contributed by atoms with Crippen molar-refractivity contribution in [1.82, 2.24) is 0 Å². The van der Waals surface area contributed by atoms with Crippen LogP contribution in [0, 0.1) is 17.7 Å². The monoisotopic (exact) mass is 300 g/mol. The van der Waals surface area contributed by atoms with Crippen LogP contribution in [0.5, 0.6) is 0 Å². The van der Waals surface area contributed by atoms with E-state index in [0.29, 0.717) is 6.42 Å². The Morgan fingerprint density at radius 2 is 2.24 bits per heavy atom. The van der Waals surface area contributed by atoms with E-state index in [-0.39, 0.29) is 17.7 Å². The van der Waals surface area contributed by atoms with Crippen molar-refractivity contribution in [3.8, 4) is 0 Å². The van der Waals surface area contributed by atoms with E-state index in [9.17, 15) is 9.18 Å². The van der Waals surface area contributed by atoms with Gasteiger partial charge in [0.2, 0.25) is 0 Å². The molecule has 4 heteroatoms. The number of hydrogen-bond donors (Lipinski definition) is 1. The van der Waals surface area contributed by atoms with Gasteiger partial charge in [-0.15, -0.1) is 0 Å². The Bertz CT molecular complexity index is 433. The topological polar surface area (TPSA) is 37.3 Å². The molecule has 0 aliphatic heterocycles. The first kappa shape index (κ1) is 12.6. The second-order valence-corrected chi connectivity index (χ2v) is 5.43. The second-order valence-electron chi connectivity index (χ2n) is 4.58. The van der Waals surface area contributed by atoms with Crippen LogP contribution in [-0.2, 0) is 11.2 Å². The minimum Gasteiger partial charge on any atom is -0.481 e. The first-order chi connectivity index (χ1) is 8.08. The number of carbonyl (C=O) groups is 1. The van der Waals surface area contributed by atoms with Crippen LogP contribution in [0.4, 0.5) is 4.39 Å². The van der Waals surface area contributed by atoms with Crippen LogP contribution in [0.15, 0.2) is 22.7 Å². The third-order valence-corrected chi connectivity index (χ3v) is 4.21. The highest BCUT2D eigenvalue weighted by Gasteiger charge is 2.32. The molecular formula is C13H14BrFO2. The molecule has 17 heavy (non-hydrogen) atoms. The summed E-state index contributed by atoms with van der Waals surface area (Å²) < 4.78 is 13.7. The highest BCUT2D eigenvalue weighted by Crippen LogP contribution is 2.35. The summed E-state index contributed by atoms with van der Waals surface area (Å²) >= 11 is 3.32. The normalized spacial score (nSPS) is 23.9. The molecule has 1 aromatic rings. The average Bonchev–Trinajstić information content (AvgIpc) is 2.70. The molecule has 2 atom stereocenters. The smallest absolute Gasteiger partial charge is 0.306 e. The Morgan fingerprint density at radius 1 is 1.47 bits per heavy atom. The zero-order valence-corrected chi connectivity index (χ0v) is 10.9. The van der Waals surface area contributed by atoms with Gasteiger partial charge in [0, 0.05) is 4.47 Å². The van der Waals surface area contributed by atoms with Crippen molar-refractivity contribution in [3.05, 3.63) is 34.1 Å². The predicted octanol–water partition coefficient (Wildman–Crippen LogP) is 3.63. The molecule has 0 saturated heterocycles. The maximum Gasteiger partial charge on any atom is 0.306 e. The molecule has 1 fully saturated rings. The van der Waals surface area contributed by atoms with Crippen LogP contribution in [0.3, 0.4) is 0 Å². The van der Waals surface area contributed by atoms with Crippen molar-refractivity contribution in [3.63, 3.8) is 0 Å². The molecule has 1 aromatic carbocycles. The summed E-state index contributed by atoms with van der Waals surface area (Å²) in [6.45, 7) is 0. The average molecular weight is 301 g/mol. The minimum atomic E-state index is -0.703. The van der Waals surface area contributed by atoms with Gasteiger partial charge in [-0.05, 0) is 42.9 Å². The van der Waals surface area contributed by atoms with Gasteiger partial charge < -0.3 is 5.11 Å². The van der Waals surface area contributed by atoms with Crippen LogP contribution in [0.1, 0.15) is 24.8 Å². The van der Waals surface area contributed by atoms with E-state index >= 15 is 0 Å². The summed E-state index contributed by atoms with van der Waals surface area (Å²) in [4.78, 5) is 11.1. The van der Waals surface area contributed by atoms with E-state index in [4.69, 9.17) is 5.11 Å². The minimum absolute atomic E-state index is 0.175. The van der Waals surface area contributed by atoms with Crippen LogP contribution < -0.4 is 0 Å². The van der Waals surface area contributed by atoms with Crippen molar-refractivity contribution in [2.45, 2.75) is 25.7 Å². The molecule has 2 rings (SSSR count). The largest absolute Gasteiger partial charge is 0.481 e. The lowest BCUT2D eigenvalue weighted by atomic mass is 9.90. The molecule has 2 unspecified atom stereocenters. The highest BCUT2D eigenvalue weighted by molar-refractivity contribution is 9.10. The van der Waals surface area contributed by atoms with Gasteiger partial charge in [0.15, 0.2) is 0 Å². The summed E-state index contributed by atoms with van der Waals surface area (Å²) in [6, 6.07) is 4.58. The van der Waals surface area contributed by atoms with Crippen LogP contribution in [-0.4, -0.2) is 11.1 Å². The van der Waals surface area contributed by atoms with Gasteiger partial charge in [0.25, 0.3) is 0 Å². The van der Waals surface area contributed by atoms with E-state index in [1.807, 2.05) is 0 Å². The number of benzene rings is 1. The Balaban J connectivity index is 2.12. The summed E-state index contributed by atoms with van der Waals surface area (Å²) in [6.07, 6.45) is 3.39. The van der Waals surface area contributed by atoms with E-state index in [1.54, 1.807) is 6.07 Å². The maximum atomic E-state index is 12.9. The lowest BCUT2D eigenvalue weighted by Crippen LogP contribution is -2.20. The third kappa shape index (κ3) is 2.86. The number of carboxylic acids is 1. The summed E-state index contributed by atoms with van der Waals surface area (Å²) in [5.74, 6) is -1.05. The molecule has 92 valence electrons. The van der Waals surface area contributed by atoms with Gasteiger partial charge in [-0.3, -0.25) is 4.79 Å². The van der Waals surface area contributed by atoms with E-state index in [0.717, 1.165) is 29.3 Å². The molecule has 0 spiro atoms. The van der Waals surface area contributed by atoms with Crippen molar-refractivity contribution in [2.24, 2.45) is 11.8 Å². The molecule has 0 bridgehead atoms. The molecule has 0 aromatic heterocycles.